The Balaban J connectivity index is 1.02. The lowest BCUT2D eigenvalue weighted by molar-refractivity contribution is -0.124. The third-order valence-corrected chi connectivity index (χ3v) is 13.4. The van der Waals surface area contributed by atoms with E-state index in [2.05, 4.69) is 15.1 Å². The molecule has 1 aliphatic heterocycles. The Kier molecular flexibility index (Phi) is 13.4. The number of aliphatic hydroxyl groups is 2. The fraction of sp³-hybridized carbons (Fsp3) is 0.311. The number of nitrogens with one attached hydrogen (secondary N) is 2. The molecule has 4 aromatic carbocycles. The van der Waals surface area contributed by atoms with Crippen LogP contribution in [0, 0.1) is 5.41 Å². The Morgan fingerprint density at radius 2 is 1.49 bits per heavy atom. The summed E-state index contributed by atoms with van der Waals surface area (Å²) in [5.74, 6) is 0.00476. The number of hydrogen-bond donors (Lipinski definition) is 5. The van der Waals surface area contributed by atoms with Crippen LogP contribution in [0.5, 0.6) is 0 Å². The minimum atomic E-state index is -4.13. The molecule has 0 amide bonds. The van der Waals surface area contributed by atoms with E-state index in [1.165, 1.54) is 23.8 Å². The summed E-state index contributed by atoms with van der Waals surface area (Å²) >= 11 is 1.03. The van der Waals surface area contributed by atoms with Crippen molar-refractivity contribution in [2.45, 2.75) is 57.0 Å². The highest BCUT2D eigenvalue weighted by Gasteiger charge is 2.54. The van der Waals surface area contributed by atoms with E-state index in [1.54, 1.807) is 0 Å². The molecule has 2 aromatic heterocycles. The van der Waals surface area contributed by atoms with Gasteiger partial charge in [-0.2, -0.15) is 4.98 Å². The van der Waals surface area contributed by atoms with Crippen molar-refractivity contribution in [2.75, 3.05) is 31.3 Å². The molecule has 0 radical (unpaired) electrons. The van der Waals surface area contributed by atoms with Crippen LogP contribution < -0.4 is 16.4 Å². The summed E-state index contributed by atoms with van der Waals surface area (Å²) in [6.45, 7) is 4.64. The van der Waals surface area contributed by atoms with Gasteiger partial charge in [-0.05, 0) is 49.1 Å². The van der Waals surface area contributed by atoms with Crippen LogP contribution in [0.25, 0.3) is 11.0 Å². The molecule has 0 bridgehead atoms. The third-order valence-electron chi connectivity index (χ3n) is 10.7. The lowest BCUT2D eigenvalue weighted by atomic mass is 9.79. The zero-order chi connectivity index (χ0) is 43.3. The van der Waals surface area contributed by atoms with Crippen molar-refractivity contribution < 1.29 is 38.1 Å². The van der Waals surface area contributed by atoms with Gasteiger partial charge in [-0.1, -0.05) is 133 Å². The van der Waals surface area contributed by atoms with E-state index in [9.17, 15) is 24.4 Å². The third kappa shape index (κ3) is 9.61. The maximum atomic E-state index is 14.3. The summed E-state index contributed by atoms with van der Waals surface area (Å²) in [6.07, 6.45) is -2.42. The zero-order valence-electron chi connectivity index (χ0n) is 34.0. The average Bonchev–Trinajstić information content (AvgIpc) is 3.79. The van der Waals surface area contributed by atoms with Crippen LogP contribution in [0.2, 0.25) is 0 Å². The number of ether oxygens (including phenoxy) is 2. The molecule has 6 N–H and O–H groups in total. The first-order chi connectivity index (χ1) is 29.2. The van der Waals surface area contributed by atoms with Gasteiger partial charge >= 0.3 is 7.75 Å². The lowest BCUT2D eigenvalue weighted by Gasteiger charge is -2.38. The Bertz CT molecular complexity index is 2410. The molecule has 2 unspecified atom stereocenters. The number of nitrogen functional groups attached to an aromatic ring is 1. The topological polar surface area (TPSA) is 200 Å². The fourth-order valence-corrected chi connectivity index (χ4v) is 9.55. The number of nitrogens with zero attached hydrogens (tertiary/aromatic N) is 2. The number of nitrogens with two attached hydrogens (primary N) is 1. The first-order valence-electron chi connectivity index (χ1n) is 19.8. The van der Waals surface area contributed by atoms with E-state index in [0.717, 1.165) is 34.0 Å². The van der Waals surface area contributed by atoms with Gasteiger partial charge in [0.2, 0.25) is 5.95 Å². The van der Waals surface area contributed by atoms with Crippen molar-refractivity contribution in [3.8, 4) is 0 Å². The number of carbonyl (C=O) groups is 1. The van der Waals surface area contributed by atoms with Crippen molar-refractivity contribution in [3.05, 3.63) is 166 Å². The maximum Gasteiger partial charge on any atom is 0.405 e. The number of carbonyl (C=O) groups excluding carboxylic acids is 1. The molecule has 1 aliphatic rings. The zero-order valence-corrected chi connectivity index (χ0v) is 35.8. The molecule has 7 rings (SSSR count). The van der Waals surface area contributed by atoms with Crippen molar-refractivity contribution in [2.24, 2.45) is 5.41 Å². The molecule has 61 heavy (non-hydrogen) atoms. The van der Waals surface area contributed by atoms with Crippen LogP contribution in [0.15, 0.2) is 138 Å². The van der Waals surface area contributed by atoms with E-state index in [-0.39, 0.29) is 47.6 Å². The molecular formula is C45H50N5O9PS. The van der Waals surface area contributed by atoms with Gasteiger partial charge in [0.25, 0.3) is 5.56 Å². The first kappa shape index (κ1) is 44.1. The molecule has 1 fully saturated rings. The van der Waals surface area contributed by atoms with Crippen LogP contribution in [-0.2, 0) is 40.0 Å². The molecular weight excluding hydrogens is 818 g/mol. The highest BCUT2D eigenvalue weighted by atomic mass is 32.2. The quantitative estimate of drug-likeness (QED) is 0.0355. The van der Waals surface area contributed by atoms with Gasteiger partial charge in [-0.25, -0.2) is 9.65 Å². The van der Waals surface area contributed by atoms with E-state index < -0.39 is 55.0 Å². The summed E-state index contributed by atoms with van der Waals surface area (Å²) < 4.78 is 40.5. The molecule has 0 spiro atoms. The van der Waals surface area contributed by atoms with Gasteiger partial charge in [0, 0.05) is 18.5 Å². The van der Waals surface area contributed by atoms with Crippen molar-refractivity contribution in [1.82, 2.24) is 19.6 Å². The average molecular weight is 868 g/mol. The normalized spacial score (nSPS) is 20.4. The minimum absolute atomic E-state index is 0.0752. The second kappa shape index (κ2) is 18.6. The summed E-state index contributed by atoms with van der Waals surface area (Å²) in [6, 6.07) is 40.5. The predicted molar refractivity (Wildman–Crippen MR) is 235 cm³/mol. The number of hydrogen-bond acceptors (Lipinski definition) is 12. The van der Waals surface area contributed by atoms with Gasteiger partial charge < -0.3 is 30.0 Å². The van der Waals surface area contributed by atoms with Crippen LogP contribution >= 0.6 is 19.5 Å². The highest BCUT2D eigenvalue weighted by molar-refractivity contribution is 8.13. The summed E-state index contributed by atoms with van der Waals surface area (Å²) in [4.78, 5) is 33.0. The molecule has 0 aliphatic carbocycles. The van der Waals surface area contributed by atoms with Crippen LogP contribution in [0.1, 0.15) is 49.3 Å². The largest absolute Gasteiger partial charge is 0.405 e. The number of aromatic amines is 1. The van der Waals surface area contributed by atoms with Gasteiger partial charge in [0.1, 0.15) is 23.4 Å². The number of anilines is 1. The molecule has 6 aromatic rings. The fourth-order valence-electron chi connectivity index (χ4n) is 7.31. The maximum absolute atomic E-state index is 14.3. The van der Waals surface area contributed by atoms with E-state index >= 15 is 0 Å². The predicted octanol–water partition coefficient (Wildman–Crippen LogP) is 6.54. The standard InChI is InChI=1S/C45H50N5O9PS/c1-43(2,30-56-45(32-18-10-5-11-19-32,33-20-12-6-13-21-33)34-22-14-7-15-23-34)41(53)61-27-26-57-60(55,47-28-31-16-8-4-9-17-31)58-29-36-37(51)44(3,54)40(59-36)50-25-24-35-38(50)48-42(46)49-39(35)52/h4-25,36-37,40,51,54H,26-30H2,1-3H3,(H,47,55)(H3,46,48,49,52)/t36-,37+,40-,44?,60?/m1/s1. The second-order valence-corrected chi connectivity index (χ2v) is 18.5. The van der Waals surface area contributed by atoms with Crippen LogP contribution in [-0.4, -0.2) is 73.2 Å². The number of aromatic nitrogens is 3. The Morgan fingerprint density at radius 1 is 0.934 bits per heavy atom. The molecule has 3 heterocycles. The number of thioether (sulfide) groups is 1. The van der Waals surface area contributed by atoms with Crippen LogP contribution in [0.3, 0.4) is 0 Å². The highest BCUT2D eigenvalue weighted by Crippen LogP contribution is 2.47. The molecule has 0 saturated carbocycles. The van der Waals surface area contributed by atoms with Crippen molar-refractivity contribution >= 4 is 41.6 Å². The second-order valence-electron chi connectivity index (χ2n) is 15.6. The lowest BCUT2D eigenvalue weighted by Crippen LogP contribution is -2.44. The van der Waals surface area contributed by atoms with E-state index in [4.69, 9.17) is 24.3 Å². The SMILES string of the molecule is CC(C)(COC(c1ccccc1)(c1ccccc1)c1ccccc1)C(=O)SCCOP(=O)(NCc1ccccc1)OC[C@H]1O[C@@H](n2ccc3c(=O)[nH]c(N)nc32)C(C)(O)[C@H]1O. The first-order valence-corrected chi connectivity index (χ1v) is 22.3. The van der Waals surface area contributed by atoms with Gasteiger partial charge in [-0.3, -0.25) is 23.6 Å². The van der Waals surface area contributed by atoms with Crippen LogP contribution in [0.4, 0.5) is 5.95 Å². The summed E-state index contributed by atoms with van der Waals surface area (Å²) in [5.41, 5.74) is 5.16. The van der Waals surface area contributed by atoms with Crippen molar-refractivity contribution in [3.63, 3.8) is 0 Å². The Labute approximate surface area is 358 Å². The number of benzene rings is 4. The minimum Gasteiger partial charge on any atom is -0.387 e. The Hall–Kier alpha value is -4.93. The van der Waals surface area contributed by atoms with Gasteiger partial charge in [0.15, 0.2) is 17.0 Å². The van der Waals surface area contributed by atoms with E-state index in [0.29, 0.717) is 0 Å². The molecule has 5 atom stereocenters. The van der Waals surface area contributed by atoms with Gasteiger partial charge in [0.05, 0.1) is 30.6 Å². The molecule has 320 valence electrons. The number of fused-ring (bicyclic) bond motifs is 1. The molecule has 16 heteroatoms. The monoisotopic (exact) mass is 867 g/mol. The molecule has 14 nitrogen and oxygen atoms in total. The Morgan fingerprint density at radius 3 is 2.07 bits per heavy atom. The number of aliphatic hydroxyl groups excluding tert-OH is 1. The summed E-state index contributed by atoms with van der Waals surface area (Å²) in [5, 5.41) is 25.6. The smallest absolute Gasteiger partial charge is 0.387 e. The number of rotatable bonds is 18. The van der Waals surface area contributed by atoms with Crippen molar-refractivity contribution in [1.29, 1.82) is 0 Å². The summed E-state index contributed by atoms with van der Waals surface area (Å²) in [7, 11) is -4.13. The molecule has 1 saturated heterocycles. The van der Waals surface area contributed by atoms with E-state index in [1.807, 2.05) is 135 Å². The van der Waals surface area contributed by atoms with Gasteiger partial charge in [-0.15, -0.1) is 0 Å². The number of H-pyrrole nitrogens is 1.